The summed E-state index contributed by atoms with van der Waals surface area (Å²) in [7, 11) is 0. The van der Waals surface area contributed by atoms with Crippen molar-refractivity contribution in [3.05, 3.63) is 12.7 Å². The molecule has 0 bridgehead atoms. The van der Waals surface area contributed by atoms with E-state index in [0.717, 1.165) is 31.8 Å². The summed E-state index contributed by atoms with van der Waals surface area (Å²) in [6, 6.07) is 0. The third-order valence-corrected chi connectivity index (χ3v) is 2.24. The van der Waals surface area contributed by atoms with Crippen LogP contribution in [0.1, 0.15) is 45.4 Å². The molecule has 0 fully saturated rings. The van der Waals surface area contributed by atoms with E-state index in [0.29, 0.717) is 6.42 Å². The lowest BCUT2D eigenvalue weighted by atomic mass is 10.1. The third-order valence-electron chi connectivity index (χ3n) is 2.24. The molecule has 4 heteroatoms. The molecule has 94 valence electrons. The third kappa shape index (κ3) is 8.38. The molecule has 0 aliphatic rings. The number of hydrogen-bond donors (Lipinski definition) is 0. The summed E-state index contributed by atoms with van der Waals surface area (Å²) >= 11 is 0. The predicted octanol–water partition coefficient (Wildman–Crippen LogP) is 3.71. The average molecular weight is 234 g/mol. The first-order chi connectivity index (χ1) is 7.52. The SMILES string of the molecule is C=CC(=O)OCC(F)(F)CCCCCCC. The van der Waals surface area contributed by atoms with Crippen molar-refractivity contribution in [3.63, 3.8) is 0 Å². The van der Waals surface area contributed by atoms with Gasteiger partial charge in [0.1, 0.15) is 0 Å². The van der Waals surface area contributed by atoms with Crippen LogP contribution in [0.15, 0.2) is 12.7 Å². The lowest BCUT2D eigenvalue weighted by Crippen LogP contribution is -2.25. The van der Waals surface area contributed by atoms with E-state index in [1.165, 1.54) is 0 Å². The van der Waals surface area contributed by atoms with Gasteiger partial charge in [0.15, 0.2) is 6.61 Å². The number of ether oxygens (including phenoxy) is 1. The topological polar surface area (TPSA) is 26.3 Å². The first kappa shape index (κ1) is 15.1. The van der Waals surface area contributed by atoms with Crippen LogP contribution in [0.25, 0.3) is 0 Å². The maximum atomic E-state index is 13.1. The van der Waals surface area contributed by atoms with Gasteiger partial charge in [0.05, 0.1) is 0 Å². The van der Waals surface area contributed by atoms with E-state index < -0.39 is 18.5 Å². The monoisotopic (exact) mass is 234 g/mol. The van der Waals surface area contributed by atoms with Crippen LogP contribution in [-0.2, 0) is 9.53 Å². The predicted molar refractivity (Wildman–Crippen MR) is 59.5 cm³/mol. The summed E-state index contributed by atoms with van der Waals surface area (Å²) in [6.07, 6.45) is 5.10. The van der Waals surface area contributed by atoms with Gasteiger partial charge in [-0.3, -0.25) is 0 Å². The molecule has 0 aromatic carbocycles. The molecule has 0 atom stereocenters. The van der Waals surface area contributed by atoms with E-state index >= 15 is 0 Å². The van der Waals surface area contributed by atoms with Gasteiger partial charge in [0.25, 0.3) is 5.92 Å². The minimum atomic E-state index is -2.91. The molecule has 0 radical (unpaired) electrons. The largest absolute Gasteiger partial charge is 0.456 e. The van der Waals surface area contributed by atoms with Crippen LogP contribution in [-0.4, -0.2) is 18.5 Å². The Labute approximate surface area is 95.7 Å². The highest BCUT2D eigenvalue weighted by molar-refractivity contribution is 5.81. The molecule has 2 nitrogen and oxygen atoms in total. The number of rotatable bonds is 9. The van der Waals surface area contributed by atoms with E-state index in [9.17, 15) is 13.6 Å². The molecular formula is C12H20F2O2. The van der Waals surface area contributed by atoms with E-state index in [1.54, 1.807) is 0 Å². The van der Waals surface area contributed by atoms with Crippen LogP contribution >= 0.6 is 0 Å². The van der Waals surface area contributed by atoms with Gasteiger partial charge < -0.3 is 4.74 Å². The smallest absolute Gasteiger partial charge is 0.330 e. The first-order valence-electron chi connectivity index (χ1n) is 5.69. The van der Waals surface area contributed by atoms with Crippen molar-refractivity contribution in [3.8, 4) is 0 Å². The van der Waals surface area contributed by atoms with Gasteiger partial charge in [0, 0.05) is 12.5 Å². The van der Waals surface area contributed by atoms with Crippen molar-refractivity contribution in [2.24, 2.45) is 0 Å². The number of esters is 1. The number of carbonyl (C=O) groups excluding carboxylic acids is 1. The first-order valence-corrected chi connectivity index (χ1v) is 5.69. The Hall–Kier alpha value is -0.930. The maximum Gasteiger partial charge on any atom is 0.330 e. The van der Waals surface area contributed by atoms with E-state index in [4.69, 9.17) is 0 Å². The maximum absolute atomic E-state index is 13.1. The van der Waals surface area contributed by atoms with Gasteiger partial charge in [-0.25, -0.2) is 13.6 Å². The molecule has 0 unspecified atom stereocenters. The molecule has 0 saturated carbocycles. The molecule has 0 aromatic rings. The number of carbonyl (C=O) groups is 1. The number of hydrogen-bond acceptors (Lipinski definition) is 2. The van der Waals surface area contributed by atoms with Gasteiger partial charge >= 0.3 is 5.97 Å². The van der Waals surface area contributed by atoms with Crippen molar-refractivity contribution < 1.29 is 18.3 Å². The Kier molecular flexibility index (Phi) is 7.77. The van der Waals surface area contributed by atoms with Crippen molar-refractivity contribution in [1.82, 2.24) is 0 Å². The Morgan fingerprint density at radius 2 is 1.94 bits per heavy atom. The molecule has 0 aliphatic carbocycles. The van der Waals surface area contributed by atoms with Crippen LogP contribution < -0.4 is 0 Å². The summed E-state index contributed by atoms with van der Waals surface area (Å²) < 4.78 is 30.6. The summed E-state index contributed by atoms with van der Waals surface area (Å²) in [5.74, 6) is -3.71. The average Bonchev–Trinajstić information content (AvgIpc) is 2.25. The summed E-state index contributed by atoms with van der Waals surface area (Å²) in [5.41, 5.74) is 0. The Bertz CT molecular complexity index is 215. The van der Waals surface area contributed by atoms with Gasteiger partial charge in [-0.1, -0.05) is 39.2 Å². The molecule has 0 rings (SSSR count). The molecule has 0 spiro atoms. The lowest BCUT2D eigenvalue weighted by Gasteiger charge is -2.15. The van der Waals surface area contributed by atoms with Crippen LogP contribution in [0.5, 0.6) is 0 Å². The molecule has 0 amide bonds. The van der Waals surface area contributed by atoms with E-state index in [2.05, 4.69) is 18.2 Å². The van der Waals surface area contributed by atoms with Crippen molar-refractivity contribution >= 4 is 5.97 Å². The molecule has 0 aliphatic heterocycles. The Morgan fingerprint density at radius 1 is 1.31 bits per heavy atom. The van der Waals surface area contributed by atoms with Crippen LogP contribution in [0.2, 0.25) is 0 Å². The quantitative estimate of drug-likeness (QED) is 0.345. The zero-order valence-corrected chi connectivity index (χ0v) is 9.81. The highest BCUT2D eigenvalue weighted by Gasteiger charge is 2.29. The zero-order valence-electron chi connectivity index (χ0n) is 9.81. The molecule has 0 saturated heterocycles. The highest BCUT2D eigenvalue weighted by Crippen LogP contribution is 2.22. The number of unbranched alkanes of at least 4 members (excludes halogenated alkanes) is 4. The second kappa shape index (κ2) is 8.25. The number of halogens is 2. The summed E-state index contributed by atoms with van der Waals surface area (Å²) in [6.45, 7) is 4.37. The van der Waals surface area contributed by atoms with Crippen molar-refractivity contribution in [2.75, 3.05) is 6.61 Å². The fourth-order valence-corrected chi connectivity index (χ4v) is 1.29. The van der Waals surface area contributed by atoms with Gasteiger partial charge in [-0.15, -0.1) is 0 Å². The van der Waals surface area contributed by atoms with Crippen molar-refractivity contribution in [1.29, 1.82) is 0 Å². The molecule has 0 heterocycles. The fourth-order valence-electron chi connectivity index (χ4n) is 1.29. The molecular weight excluding hydrogens is 214 g/mol. The van der Waals surface area contributed by atoms with Crippen LogP contribution in [0.4, 0.5) is 8.78 Å². The van der Waals surface area contributed by atoms with Crippen LogP contribution in [0, 0.1) is 0 Å². The zero-order chi connectivity index (χ0) is 12.4. The fraction of sp³-hybridized carbons (Fsp3) is 0.750. The lowest BCUT2D eigenvalue weighted by molar-refractivity contribution is -0.150. The normalized spacial score (nSPS) is 11.2. The highest BCUT2D eigenvalue weighted by atomic mass is 19.3. The van der Waals surface area contributed by atoms with E-state index in [1.807, 2.05) is 0 Å². The number of alkyl halides is 2. The second-order valence-electron chi connectivity index (χ2n) is 3.83. The minimum Gasteiger partial charge on any atom is -0.456 e. The minimum absolute atomic E-state index is 0.221. The van der Waals surface area contributed by atoms with Gasteiger partial charge in [-0.2, -0.15) is 0 Å². The van der Waals surface area contributed by atoms with Crippen molar-refractivity contribution in [2.45, 2.75) is 51.4 Å². The molecule has 16 heavy (non-hydrogen) atoms. The second-order valence-corrected chi connectivity index (χ2v) is 3.83. The van der Waals surface area contributed by atoms with Crippen LogP contribution in [0.3, 0.4) is 0 Å². The van der Waals surface area contributed by atoms with Gasteiger partial charge in [-0.05, 0) is 6.42 Å². The van der Waals surface area contributed by atoms with E-state index in [-0.39, 0.29) is 6.42 Å². The summed E-state index contributed by atoms with van der Waals surface area (Å²) in [5, 5.41) is 0. The Balaban J connectivity index is 3.61. The van der Waals surface area contributed by atoms with Gasteiger partial charge in [0.2, 0.25) is 0 Å². The molecule has 0 N–H and O–H groups in total. The summed E-state index contributed by atoms with van der Waals surface area (Å²) in [4.78, 5) is 10.6. The molecule has 0 aromatic heterocycles. The Morgan fingerprint density at radius 3 is 2.50 bits per heavy atom. The standard InChI is InChI=1S/C12H20F2O2/c1-3-5-6-7-8-9-12(13,14)10-16-11(15)4-2/h4H,2-3,5-10H2,1H3.